The molecule has 1 spiro atoms. The molecule has 144 valence electrons. The largest absolute Gasteiger partial charge is 0.336 e. The van der Waals surface area contributed by atoms with E-state index in [0.29, 0.717) is 29.1 Å². The van der Waals surface area contributed by atoms with Crippen LogP contribution in [-0.2, 0) is 11.3 Å². The molecule has 2 aliphatic heterocycles. The fraction of sp³-hybridized carbons (Fsp3) is 0.250. The van der Waals surface area contributed by atoms with Crippen molar-refractivity contribution in [2.75, 3.05) is 13.1 Å². The molecule has 2 saturated heterocycles. The maximum absolute atomic E-state index is 13.1. The third-order valence-corrected chi connectivity index (χ3v) is 5.36. The number of hydrogen-bond donors (Lipinski definition) is 1. The number of amides is 4. The van der Waals surface area contributed by atoms with Crippen molar-refractivity contribution in [1.29, 1.82) is 0 Å². The molecule has 0 saturated carbocycles. The highest BCUT2D eigenvalue weighted by Gasteiger charge is 2.55. The Hall–Kier alpha value is -2.93. The Balaban J connectivity index is 1.50. The molecule has 0 aliphatic carbocycles. The highest BCUT2D eigenvalue weighted by atomic mass is 35.5. The van der Waals surface area contributed by atoms with Crippen molar-refractivity contribution in [2.24, 2.45) is 0 Å². The molecule has 0 aromatic heterocycles. The lowest BCUT2D eigenvalue weighted by atomic mass is 9.99. The molecule has 8 heteroatoms. The van der Waals surface area contributed by atoms with E-state index in [9.17, 15) is 18.8 Å². The minimum Gasteiger partial charge on any atom is -0.336 e. The summed E-state index contributed by atoms with van der Waals surface area (Å²) in [5.74, 6) is -0.995. The molecule has 1 atom stereocenters. The fourth-order valence-electron chi connectivity index (χ4n) is 3.66. The van der Waals surface area contributed by atoms with E-state index in [2.05, 4.69) is 5.32 Å². The van der Waals surface area contributed by atoms with Crippen molar-refractivity contribution in [2.45, 2.75) is 18.5 Å². The number of nitrogens with one attached hydrogen (secondary N) is 1. The quantitative estimate of drug-likeness (QED) is 0.804. The standard InChI is InChI=1S/C20H17ClFN3O3/c21-15-3-1-2-14(10-15)17(26)24-9-8-20(12-24)18(27)25(19(28)23-20)11-13-4-6-16(22)7-5-13/h1-7,10H,8-9,11-12H2,(H,23,28)/t20-/m1/s1. The van der Waals surface area contributed by atoms with E-state index >= 15 is 0 Å². The number of nitrogens with zero attached hydrogens (tertiary/aromatic N) is 2. The van der Waals surface area contributed by atoms with E-state index in [1.807, 2.05) is 0 Å². The third-order valence-electron chi connectivity index (χ3n) is 5.13. The number of likely N-dealkylation sites (tertiary alicyclic amines) is 1. The molecule has 2 heterocycles. The lowest BCUT2D eigenvalue weighted by Crippen LogP contribution is -2.49. The molecule has 0 unspecified atom stereocenters. The monoisotopic (exact) mass is 401 g/mol. The van der Waals surface area contributed by atoms with Gasteiger partial charge in [0.25, 0.3) is 11.8 Å². The first-order valence-electron chi connectivity index (χ1n) is 8.81. The number of urea groups is 1. The van der Waals surface area contributed by atoms with Gasteiger partial charge in [0.2, 0.25) is 0 Å². The maximum Gasteiger partial charge on any atom is 0.325 e. The van der Waals surface area contributed by atoms with Gasteiger partial charge in [-0.1, -0.05) is 29.8 Å². The molecule has 1 N–H and O–H groups in total. The van der Waals surface area contributed by atoms with Gasteiger partial charge in [0, 0.05) is 17.1 Å². The first-order chi connectivity index (χ1) is 13.4. The maximum atomic E-state index is 13.1. The lowest BCUT2D eigenvalue weighted by Gasteiger charge is -2.22. The number of benzene rings is 2. The predicted octanol–water partition coefficient (Wildman–Crippen LogP) is 2.82. The minimum atomic E-state index is -1.12. The van der Waals surface area contributed by atoms with Crippen molar-refractivity contribution in [3.8, 4) is 0 Å². The molecule has 4 rings (SSSR count). The van der Waals surface area contributed by atoms with Gasteiger partial charge in [-0.3, -0.25) is 14.5 Å². The molecule has 0 bridgehead atoms. The van der Waals surface area contributed by atoms with Crippen LogP contribution in [0.1, 0.15) is 22.3 Å². The summed E-state index contributed by atoms with van der Waals surface area (Å²) in [5, 5.41) is 3.21. The molecule has 6 nitrogen and oxygen atoms in total. The average Bonchev–Trinajstić information content (AvgIpc) is 3.20. The van der Waals surface area contributed by atoms with Gasteiger partial charge in [-0.2, -0.15) is 0 Å². The summed E-state index contributed by atoms with van der Waals surface area (Å²) >= 11 is 5.95. The van der Waals surface area contributed by atoms with Crippen LogP contribution in [-0.4, -0.2) is 46.3 Å². The van der Waals surface area contributed by atoms with E-state index in [-0.39, 0.29) is 30.7 Å². The van der Waals surface area contributed by atoms with Gasteiger partial charge >= 0.3 is 6.03 Å². The highest BCUT2D eigenvalue weighted by Crippen LogP contribution is 2.30. The van der Waals surface area contributed by atoms with Crippen LogP contribution < -0.4 is 5.32 Å². The zero-order valence-electron chi connectivity index (χ0n) is 14.8. The Morgan fingerprint density at radius 3 is 2.64 bits per heavy atom. The Morgan fingerprint density at radius 2 is 1.93 bits per heavy atom. The first kappa shape index (κ1) is 18.4. The van der Waals surface area contributed by atoms with Crippen LogP contribution in [0.25, 0.3) is 0 Å². The summed E-state index contributed by atoms with van der Waals surface area (Å²) in [7, 11) is 0. The Morgan fingerprint density at radius 1 is 1.18 bits per heavy atom. The Bertz CT molecular complexity index is 965. The van der Waals surface area contributed by atoms with Crippen LogP contribution in [0.4, 0.5) is 9.18 Å². The molecular weight excluding hydrogens is 385 g/mol. The van der Waals surface area contributed by atoms with Crippen molar-refractivity contribution in [3.63, 3.8) is 0 Å². The Kier molecular flexibility index (Phi) is 4.55. The second kappa shape index (κ2) is 6.91. The number of halogens is 2. The van der Waals surface area contributed by atoms with Crippen LogP contribution in [0.3, 0.4) is 0 Å². The molecule has 28 heavy (non-hydrogen) atoms. The second-order valence-corrected chi connectivity index (χ2v) is 7.45. The van der Waals surface area contributed by atoms with Gasteiger partial charge in [0.05, 0.1) is 13.1 Å². The number of rotatable bonds is 3. The van der Waals surface area contributed by atoms with E-state index in [1.54, 1.807) is 29.2 Å². The molecule has 0 radical (unpaired) electrons. The number of carbonyl (C=O) groups is 3. The molecule has 2 aromatic rings. The summed E-state index contributed by atoms with van der Waals surface area (Å²) in [6.45, 7) is 0.500. The van der Waals surface area contributed by atoms with Gasteiger partial charge < -0.3 is 10.2 Å². The smallest absolute Gasteiger partial charge is 0.325 e. The van der Waals surface area contributed by atoms with E-state index in [0.717, 1.165) is 4.90 Å². The topological polar surface area (TPSA) is 69.7 Å². The van der Waals surface area contributed by atoms with Crippen molar-refractivity contribution in [1.82, 2.24) is 15.1 Å². The minimum absolute atomic E-state index is 0.0505. The van der Waals surface area contributed by atoms with Crippen LogP contribution in [0.15, 0.2) is 48.5 Å². The molecule has 4 amide bonds. The van der Waals surface area contributed by atoms with E-state index in [4.69, 9.17) is 11.6 Å². The summed E-state index contributed by atoms with van der Waals surface area (Å²) in [6.07, 6.45) is 0.337. The van der Waals surface area contributed by atoms with Crippen molar-refractivity contribution >= 4 is 29.4 Å². The number of hydrogen-bond acceptors (Lipinski definition) is 3. The van der Waals surface area contributed by atoms with Gasteiger partial charge in [0.15, 0.2) is 0 Å². The SMILES string of the molecule is O=C(c1cccc(Cl)c1)N1CC[C@]2(C1)NC(=O)N(Cc1ccc(F)cc1)C2=O. The van der Waals surface area contributed by atoms with Crippen LogP contribution in [0.2, 0.25) is 5.02 Å². The number of imide groups is 1. The first-order valence-corrected chi connectivity index (χ1v) is 9.19. The molecular formula is C20H17ClFN3O3. The summed E-state index contributed by atoms with van der Waals surface area (Å²) in [6, 6.07) is 11.7. The van der Waals surface area contributed by atoms with Gasteiger partial charge in [-0.05, 0) is 42.3 Å². The molecule has 2 fully saturated rings. The molecule has 2 aromatic carbocycles. The number of carbonyl (C=O) groups excluding carboxylic acids is 3. The van der Waals surface area contributed by atoms with E-state index < -0.39 is 11.6 Å². The van der Waals surface area contributed by atoms with E-state index in [1.165, 1.54) is 24.3 Å². The zero-order chi connectivity index (χ0) is 19.9. The van der Waals surface area contributed by atoms with Crippen LogP contribution in [0, 0.1) is 5.82 Å². The lowest BCUT2D eigenvalue weighted by molar-refractivity contribution is -0.131. The second-order valence-electron chi connectivity index (χ2n) is 7.02. The Labute approximate surface area is 165 Å². The highest BCUT2D eigenvalue weighted by molar-refractivity contribution is 6.31. The van der Waals surface area contributed by atoms with Crippen molar-refractivity contribution in [3.05, 3.63) is 70.5 Å². The normalized spacial score (nSPS) is 21.5. The van der Waals surface area contributed by atoms with Gasteiger partial charge in [-0.25, -0.2) is 9.18 Å². The summed E-state index contributed by atoms with van der Waals surface area (Å²) < 4.78 is 13.1. The van der Waals surface area contributed by atoms with Crippen molar-refractivity contribution < 1.29 is 18.8 Å². The predicted molar refractivity (Wildman–Crippen MR) is 100 cm³/mol. The molecule has 2 aliphatic rings. The summed E-state index contributed by atoms with van der Waals surface area (Å²) in [4.78, 5) is 40.8. The van der Waals surface area contributed by atoms with Crippen LogP contribution >= 0.6 is 11.6 Å². The average molecular weight is 402 g/mol. The fourth-order valence-corrected chi connectivity index (χ4v) is 3.85. The summed E-state index contributed by atoms with van der Waals surface area (Å²) in [5.41, 5.74) is -0.0398. The van der Waals surface area contributed by atoms with Gasteiger partial charge in [-0.15, -0.1) is 0 Å². The van der Waals surface area contributed by atoms with Crippen LogP contribution in [0.5, 0.6) is 0 Å². The zero-order valence-corrected chi connectivity index (χ0v) is 15.6. The van der Waals surface area contributed by atoms with Gasteiger partial charge in [0.1, 0.15) is 11.4 Å². The third kappa shape index (κ3) is 3.22.